The molecule has 6 heteroatoms. The molecule has 0 saturated heterocycles. The van der Waals surface area contributed by atoms with E-state index in [9.17, 15) is 15.2 Å². The Hall–Kier alpha value is -2.65. The summed E-state index contributed by atoms with van der Waals surface area (Å²) in [5.41, 5.74) is 1.57. The van der Waals surface area contributed by atoms with Crippen LogP contribution in [0.2, 0.25) is 0 Å². The molecule has 1 aromatic heterocycles. The lowest BCUT2D eigenvalue weighted by Crippen LogP contribution is -2.07. The van der Waals surface area contributed by atoms with E-state index >= 15 is 0 Å². The number of benzene rings is 1. The number of aromatic nitrogens is 1. The minimum absolute atomic E-state index is 0.0503. The largest absolute Gasteiger partial charge is 0.494 e. The Morgan fingerprint density at radius 2 is 2.05 bits per heavy atom. The maximum Gasteiger partial charge on any atom is 0.338 e. The molecule has 0 aliphatic heterocycles. The molecule has 2 rings (SSSR count). The molecule has 0 radical (unpaired) electrons. The number of pyridine rings is 1. The van der Waals surface area contributed by atoms with Gasteiger partial charge in [-0.05, 0) is 31.5 Å². The quantitative estimate of drug-likeness (QED) is 0.841. The van der Waals surface area contributed by atoms with Crippen LogP contribution in [0.1, 0.15) is 28.5 Å². The minimum Gasteiger partial charge on any atom is -0.494 e. The maximum atomic E-state index is 11.6. The molecule has 2 aromatic rings. The molecular formula is C16H14N2O3S. The third-order valence-electron chi connectivity index (χ3n) is 3.18. The normalized spacial score (nSPS) is 10.0. The van der Waals surface area contributed by atoms with E-state index in [0.29, 0.717) is 29.2 Å². The van der Waals surface area contributed by atoms with Crippen molar-refractivity contribution in [1.29, 1.82) is 5.26 Å². The van der Waals surface area contributed by atoms with Crippen LogP contribution in [0.15, 0.2) is 24.3 Å². The van der Waals surface area contributed by atoms with Gasteiger partial charge in [0.25, 0.3) is 0 Å². The molecule has 112 valence electrons. The molecule has 0 fully saturated rings. The number of nitriles is 1. The van der Waals surface area contributed by atoms with Crippen molar-refractivity contribution in [2.75, 3.05) is 6.61 Å². The highest BCUT2D eigenvalue weighted by Crippen LogP contribution is 2.31. The molecule has 0 atom stereocenters. The zero-order chi connectivity index (χ0) is 16.3. The van der Waals surface area contributed by atoms with Gasteiger partial charge in [0, 0.05) is 11.3 Å². The highest BCUT2D eigenvalue weighted by molar-refractivity contribution is 7.71. The lowest BCUT2D eigenvalue weighted by Gasteiger charge is -2.12. The van der Waals surface area contributed by atoms with Crippen molar-refractivity contribution >= 4 is 18.2 Å². The van der Waals surface area contributed by atoms with Gasteiger partial charge in [-0.25, -0.2) is 4.79 Å². The van der Waals surface area contributed by atoms with E-state index in [1.54, 1.807) is 31.2 Å². The summed E-state index contributed by atoms with van der Waals surface area (Å²) in [5, 5.41) is 18.8. The number of hydrogen-bond acceptors (Lipinski definition) is 4. The van der Waals surface area contributed by atoms with E-state index in [1.807, 2.05) is 13.0 Å². The second-order valence-electron chi connectivity index (χ2n) is 4.58. The summed E-state index contributed by atoms with van der Waals surface area (Å²) in [7, 11) is 0. The fraction of sp³-hybridized carbons (Fsp3) is 0.188. The number of aromatic amines is 1. The van der Waals surface area contributed by atoms with E-state index in [1.165, 1.54) is 0 Å². The average Bonchev–Trinajstić information content (AvgIpc) is 2.47. The minimum atomic E-state index is -1.11. The number of nitrogens with zero attached hydrogens (tertiary/aromatic N) is 1. The molecule has 1 heterocycles. The van der Waals surface area contributed by atoms with Crippen LogP contribution in [0.3, 0.4) is 0 Å². The van der Waals surface area contributed by atoms with E-state index < -0.39 is 5.97 Å². The first-order valence-electron chi connectivity index (χ1n) is 6.63. The number of rotatable bonds is 4. The highest BCUT2D eigenvalue weighted by Gasteiger charge is 2.20. The summed E-state index contributed by atoms with van der Waals surface area (Å²) >= 11 is 5.14. The summed E-state index contributed by atoms with van der Waals surface area (Å²) in [6.45, 7) is 4.04. The third kappa shape index (κ3) is 2.85. The second-order valence-corrected chi connectivity index (χ2v) is 4.99. The Morgan fingerprint density at radius 3 is 2.55 bits per heavy atom. The van der Waals surface area contributed by atoms with Gasteiger partial charge in [0.1, 0.15) is 16.5 Å². The molecule has 0 unspecified atom stereocenters. The molecule has 0 amide bonds. The Kier molecular flexibility index (Phi) is 4.59. The summed E-state index contributed by atoms with van der Waals surface area (Å²) in [6.07, 6.45) is 0. The molecule has 0 bridgehead atoms. The Balaban J connectivity index is 2.75. The average molecular weight is 314 g/mol. The number of H-pyrrole nitrogens is 1. The van der Waals surface area contributed by atoms with Gasteiger partial charge in [-0.15, -0.1) is 0 Å². The summed E-state index contributed by atoms with van der Waals surface area (Å²) in [4.78, 5) is 14.3. The van der Waals surface area contributed by atoms with E-state index in [0.717, 1.165) is 0 Å². The molecule has 0 aliphatic carbocycles. The fourth-order valence-corrected chi connectivity index (χ4v) is 2.57. The maximum absolute atomic E-state index is 11.6. The monoisotopic (exact) mass is 314 g/mol. The Morgan fingerprint density at radius 1 is 1.41 bits per heavy atom. The Labute approximate surface area is 132 Å². The van der Waals surface area contributed by atoms with E-state index in [4.69, 9.17) is 17.0 Å². The van der Waals surface area contributed by atoms with Crippen molar-refractivity contribution in [3.05, 3.63) is 45.7 Å². The van der Waals surface area contributed by atoms with Crippen LogP contribution in [-0.2, 0) is 0 Å². The molecule has 0 aliphatic rings. The number of aryl methyl sites for hydroxylation is 1. The number of nitrogens with one attached hydrogen (secondary N) is 1. The molecule has 1 aromatic carbocycles. The van der Waals surface area contributed by atoms with E-state index in [-0.39, 0.29) is 15.8 Å². The zero-order valence-corrected chi connectivity index (χ0v) is 13.0. The van der Waals surface area contributed by atoms with Crippen molar-refractivity contribution in [1.82, 2.24) is 4.98 Å². The molecule has 0 spiro atoms. The lowest BCUT2D eigenvalue weighted by molar-refractivity contribution is 0.0696. The van der Waals surface area contributed by atoms with Crippen LogP contribution in [-0.4, -0.2) is 22.7 Å². The van der Waals surface area contributed by atoms with Gasteiger partial charge in [-0.2, -0.15) is 5.26 Å². The SMILES string of the molecule is CCOc1ccc(-c2c(C(=O)O)c(C)[nH]c(=S)c2C#N)cc1. The van der Waals surface area contributed by atoms with Crippen LogP contribution in [0.5, 0.6) is 5.75 Å². The first-order valence-corrected chi connectivity index (χ1v) is 7.03. The van der Waals surface area contributed by atoms with Gasteiger partial charge in [-0.1, -0.05) is 24.4 Å². The molecule has 0 saturated carbocycles. The smallest absolute Gasteiger partial charge is 0.338 e. The van der Waals surface area contributed by atoms with Crippen LogP contribution < -0.4 is 4.74 Å². The molecule has 22 heavy (non-hydrogen) atoms. The van der Waals surface area contributed by atoms with Gasteiger partial charge in [0.05, 0.1) is 17.7 Å². The topological polar surface area (TPSA) is 86.1 Å². The lowest BCUT2D eigenvalue weighted by atomic mass is 9.95. The molecule has 5 nitrogen and oxygen atoms in total. The summed E-state index contributed by atoms with van der Waals surface area (Å²) in [5.74, 6) is -0.427. The van der Waals surface area contributed by atoms with Crippen LogP contribution in [0.4, 0.5) is 0 Å². The predicted octanol–water partition coefficient (Wildman–Crippen LogP) is 3.69. The standard InChI is InChI=1S/C16H14N2O3S/c1-3-21-11-6-4-10(5-7-11)14-12(8-17)15(22)18-9(2)13(14)16(19)20/h4-7H,3H2,1-2H3,(H,18,22)(H,19,20). The fourth-order valence-electron chi connectivity index (χ4n) is 2.27. The van der Waals surface area contributed by atoms with Crippen molar-refractivity contribution in [2.45, 2.75) is 13.8 Å². The number of carboxylic acid groups (broad SMARTS) is 1. The number of carboxylic acids is 1. The number of carbonyl (C=O) groups is 1. The van der Waals surface area contributed by atoms with Gasteiger partial charge in [0.15, 0.2) is 0 Å². The van der Waals surface area contributed by atoms with Crippen molar-refractivity contribution < 1.29 is 14.6 Å². The number of ether oxygens (including phenoxy) is 1. The van der Waals surface area contributed by atoms with Crippen molar-refractivity contribution in [3.8, 4) is 22.9 Å². The van der Waals surface area contributed by atoms with E-state index in [2.05, 4.69) is 4.98 Å². The highest BCUT2D eigenvalue weighted by atomic mass is 32.1. The van der Waals surface area contributed by atoms with Gasteiger partial charge in [-0.3, -0.25) is 0 Å². The van der Waals surface area contributed by atoms with Crippen molar-refractivity contribution in [3.63, 3.8) is 0 Å². The first kappa shape index (κ1) is 15.7. The number of hydrogen-bond donors (Lipinski definition) is 2. The Bertz CT molecular complexity index is 817. The van der Waals surface area contributed by atoms with Gasteiger partial charge >= 0.3 is 5.97 Å². The summed E-state index contributed by atoms with van der Waals surface area (Å²) < 4.78 is 5.60. The zero-order valence-electron chi connectivity index (χ0n) is 12.1. The first-order chi connectivity index (χ1) is 10.5. The molecule has 2 N–H and O–H groups in total. The molecular weight excluding hydrogens is 300 g/mol. The second kappa shape index (κ2) is 6.41. The van der Waals surface area contributed by atoms with Crippen LogP contribution in [0.25, 0.3) is 11.1 Å². The predicted molar refractivity (Wildman–Crippen MR) is 84.6 cm³/mol. The number of aromatic carboxylic acids is 1. The van der Waals surface area contributed by atoms with Crippen LogP contribution >= 0.6 is 12.2 Å². The van der Waals surface area contributed by atoms with Crippen LogP contribution in [0, 0.1) is 22.9 Å². The third-order valence-corrected chi connectivity index (χ3v) is 3.49. The summed E-state index contributed by atoms with van der Waals surface area (Å²) in [6, 6.07) is 8.92. The van der Waals surface area contributed by atoms with Crippen molar-refractivity contribution in [2.24, 2.45) is 0 Å². The van der Waals surface area contributed by atoms with Gasteiger partial charge < -0.3 is 14.8 Å². The van der Waals surface area contributed by atoms with Gasteiger partial charge in [0.2, 0.25) is 0 Å².